The number of ether oxygens (including phenoxy) is 1. The van der Waals surface area contributed by atoms with Gasteiger partial charge in [-0.1, -0.05) is 11.6 Å². The molecule has 0 radical (unpaired) electrons. The van der Waals surface area contributed by atoms with Gasteiger partial charge in [-0.15, -0.1) is 0 Å². The maximum absolute atomic E-state index is 12.1. The largest absolute Gasteiger partial charge is 0.507 e. The molecule has 2 aromatic rings. The Labute approximate surface area is 129 Å². The standard InChI is InChI=1S/C14H11BrClNO3/c1-20-13-7-9(3-4-11(13)15)17-14(19)10-6-8(16)2-5-12(10)18/h2-7,18H,1H3,(H,17,19). The summed E-state index contributed by atoms with van der Waals surface area (Å²) < 4.78 is 5.93. The zero-order valence-corrected chi connectivity index (χ0v) is 12.8. The van der Waals surface area contributed by atoms with E-state index in [0.717, 1.165) is 4.47 Å². The smallest absolute Gasteiger partial charge is 0.259 e. The zero-order chi connectivity index (χ0) is 14.7. The van der Waals surface area contributed by atoms with Crippen molar-refractivity contribution < 1.29 is 14.6 Å². The van der Waals surface area contributed by atoms with Crippen LogP contribution in [0.1, 0.15) is 10.4 Å². The molecule has 0 heterocycles. The van der Waals surface area contributed by atoms with E-state index in [4.69, 9.17) is 16.3 Å². The normalized spacial score (nSPS) is 10.2. The summed E-state index contributed by atoms with van der Waals surface area (Å²) in [6, 6.07) is 9.43. The highest BCUT2D eigenvalue weighted by molar-refractivity contribution is 9.10. The number of benzene rings is 2. The van der Waals surface area contributed by atoms with Crippen LogP contribution in [-0.2, 0) is 0 Å². The van der Waals surface area contributed by atoms with Crippen molar-refractivity contribution in [1.82, 2.24) is 0 Å². The highest BCUT2D eigenvalue weighted by atomic mass is 79.9. The van der Waals surface area contributed by atoms with Gasteiger partial charge in [-0.05, 0) is 46.3 Å². The van der Waals surface area contributed by atoms with Gasteiger partial charge in [0.15, 0.2) is 0 Å². The van der Waals surface area contributed by atoms with E-state index in [1.807, 2.05) is 0 Å². The van der Waals surface area contributed by atoms with Gasteiger partial charge in [-0.25, -0.2) is 0 Å². The van der Waals surface area contributed by atoms with Crippen LogP contribution < -0.4 is 10.1 Å². The number of hydrogen-bond donors (Lipinski definition) is 2. The van der Waals surface area contributed by atoms with E-state index in [0.29, 0.717) is 16.5 Å². The number of phenols is 1. The molecule has 2 aromatic carbocycles. The maximum atomic E-state index is 12.1. The molecule has 6 heteroatoms. The predicted octanol–water partition coefficient (Wildman–Crippen LogP) is 4.07. The van der Waals surface area contributed by atoms with Crippen molar-refractivity contribution in [3.8, 4) is 11.5 Å². The summed E-state index contributed by atoms with van der Waals surface area (Å²) in [7, 11) is 1.54. The Morgan fingerprint density at radius 1 is 1.30 bits per heavy atom. The second kappa shape index (κ2) is 6.15. The third kappa shape index (κ3) is 3.23. The van der Waals surface area contributed by atoms with Crippen LogP contribution in [0.4, 0.5) is 5.69 Å². The van der Waals surface area contributed by atoms with Crippen LogP contribution >= 0.6 is 27.5 Å². The van der Waals surface area contributed by atoms with Crippen LogP contribution in [0.5, 0.6) is 11.5 Å². The van der Waals surface area contributed by atoms with Crippen LogP contribution in [0.3, 0.4) is 0 Å². The number of aromatic hydroxyl groups is 1. The molecule has 0 spiro atoms. The molecule has 0 aromatic heterocycles. The Morgan fingerprint density at radius 2 is 2.05 bits per heavy atom. The Balaban J connectivity index is 2.25. The number of carbonyl (C=O) groups excluding carboxylic acids is 1. The van der Waals surface area contributed by atoms with Crippen LogP contribution in [0.15, 0.2) is 40.9 Å². The van der Waals surface area contributed by atoms with Crippen molar-refractivity contribution in [2.75, 3.05) is 12.4 Å². The third-order valence-electron chi connectivity index (χ3n) is 2.61. The Hall–Kier alpha value is -1.72. The van der Waals surface area contributed by atoms with E-state index in [9.17, 15) is 9.90 Å². The molecule has 0 atom stereocenters. The minimum absolute atomic E-state index is 0.111. The van der Waals surface area contributed by atoms with Gasteiger partial charge in [0, 0.05) is 16.8 Å². The first-order valence-corrected chi connectivity index (χ1v) is 6.82. The van der Waals surface area contributed by atoms with Gasteiger partial charge in [-0.3, -0.25) is 4.79 Å². The summed E-state index contributed by atoms with van der Waals surface area (Å²) in [6.45, 7) is 0. The number of carbonyl (C=O) groups is 1. The molecule has 0 aliphatic rings. The van der Waals surface area contributed by atoms with Gasteiger partial charge < -0.3 is 15.2 Å². The summed E-state index contributed by atoms with van der Waals surface area (Å²) in [6.07, 6.45) is 0. The van der Waals surface area contributed by atoms with Crippen LogP contribution in [0.25, 0.3) is 0 Å². The molecule has 104 valence electrons. The van der Waals surface area contributed by atoms with Gasteiger partial charge >= 0.3 is 0 Å². The molecule has 4 nitrogen and oxygen atoms in total. The van der Waals surface area contributed by atoms with E-state index in [1.165, 1.54) is 25.3 Å². The van der Waals surface area contributed by atoms with Crippen molar-refractivity contribution >= 4 is 39.1 Å². The number of hydrogen-bond acceptors (Lipinski definition) is 3. The Bertz CT molecular complexity index is 661. The molecule has 0 saturated heterocycles. The van der Waals surface area contributed by atoms with Crippen LogP contribution in [0.2, 0.25) is 5.02 Å². The van der Waals surface area contributed by atoms with Gasteiger partial charge in [0.25, 0.3) is 5.91 Å². The average Bonchev–Trinajstić information content (AvgIpc) is 2.43. The second-order valence-electron chi connectivity index (χ2n) is 3.96. The molecular weight excluding hydrogens is 346 g/mol. The van der Waals surface area contributed by atoms with E-state index in [-0.39, 0.29) is 11.3 Å². The Kier molecular flexibility index (Phi) is 4.52. The summed E-state index contributed by atoms with van der Waals surface area (Å²) in [5.74, 6) is 0.0171. The van der Waals surface area contributed by atoms with Crippen molar-refractivity contribution in [3.05, 3.63) is 51.5 Å². The van der Waals surface area contributed by atoms with Crippen molar-refractivity contribution in [1.29, 1.82) is 0 Å². The average molecular weight is 357 g/mol. The minimum Gasteiger partial charge on any atom is -0.507 e. The molecule has 0 bridgehead atoms. The molecule has 0 aliphatic carbocycles. The molecule has 0 fully saturated rings. The van der Waals surface area contributed by atoms with Gasteiger partial charge in [-0.2, -0.15) is 0 Å². The molecule has 1 amide bonds. The van der Waals surface area contributed by atoms with Crippen LogP contribution in [-0.4, -0.2) is 18.1 Å². The first-order valence-electron chi connectivity index (χ1n) is 5.64. The number of amides is 1. The molecule has 20 heavy (non-hydrogen) atoms. The summed E-state index contributed by atoms with van der Waals surface area (Å²) in [5, 5.41) is 12.7. The van der Waals surface area contributed by atoms with Gasteiger partial charge in [0.2, 0.25) is 0 Å². The highest BCUT2D eigenvalue weighted by Crippen LogP contribution is 2.29. The summed E-state index contributed by atoms with van der Waals surface area (Å²) >= 11 is 9.14. The molecule has 0 saturated carbocycles. The lowest BCUT2D eigenvalue weighted by Crippen LogP contribution is -2.12. The van der Waals surface area contributed by atoms with E-state index >= 15 is 0 Å². The van der Waals surface area contributed by atoms with E-state index in [2.05, 4.69) is 21.2 Å². The van der Waals surface area contributed by atoms with Crippen molar-refractivity contribution in [2.24, 2.45) is 0 Å². The summed E-state index contributed by atoms with van der Waals surface area (Å²) in [4.78, 5) is 12.1. The lowest BCUT2D eigenvalue weighted by atomic mass is 10.2. The number of nitrogens with one attached hydrogen (secondary N) is 1. The van der Waals surface area contributed by atoms with E-state index in [1.54, 1.807) is 18.2 Å². The number of halogens is 2. The highest BCUT2D eigenvalue weighted by Gasteiger charge is 2.12. The zero-order valence-electron chi connectivity index (χ0n) is 10.5. The quantitative estimate of drug-likeness (QED) is 0.871. The summed E-state index contributed by atoms with van der Waals surface area (Å²) in [5.41, 5.74) is 0.661. The number of anilines is 1. The first kappa shape index (κ1) is 14.7. The third-order valence-corrected chi connectivity index (χ3v) is 3.50. The molecule has 2 N–H and O–H groups in total. The van der Waals surface area contributed by atoms with E-state index < -0.39 is 5.91 Å². The Morgan fingerprint density at radius 3 is 2.75 bits per heavy atom. The first-order chi connectivity index (χ1) is 9.51. The lowest BCUT2D eigenvalue weighted by molar-refractivity contribution is 0.102. The SMILES string of the molecule is COc1cc(NC(=O)c2cc(Cl)ccc2O)ccc1Br. The molecular formula is C14H11BrClNO3. The molecule has 2 rings (SSSR count). The fraction of sp³-hybridized carbons (Fsp3) is 0.0714. The van der Waals surface area contributed by atoms with Gasteiger partial charge in [0.05, 0.1) is 17.1 Å². The fourth-order valence-electron chi connectivity index (χ4n) is 1.63. The molecule has 0 aliphatic heterocycles. The number of phenolic OH excluding ortho intramolecular Hbond substituents is 1. The fourth-order valence-corrected chi connectivity index (χ4v) is 2.21. The van der Waals surface area contributed by atoms with Gasteiger partial charge in [0.1, 0.15) is 11.5 Å². The maximum Gasteiger partial charge on any atom is 0.259 e. The molecule has 0 unspecified atom stereocenters. The minimum atomic E-state index is -0.450. The lowest BCUT2D eigenvalue weighted by Gasteiger charge is -2.09. The topological polar surface area (TPSA) is 58.6 Å². The number of rotatable bonds is 3. The van der Waals surface area contributed by atoms with Crippen LogP contribution in [0, 0.1) is 0 Å². The van der Waals surface area contributed by atoms with Crippen molar-refractivity contribution in [3.63, 3.8) is 0 Å². The second-order valence-corrected chi connectivity index (χ2v) is 5.26. The van der Waals surface area contributed by atoms with Crippen molar-refractivity contribution in [2.45, 2.75) is 0 Å². The predicted molar refractivity (Wildman–Crippen MR) is 81.8 cm³/mol. The number of methoxy groups -OCH3 is 1. The monoisotopic (exact) mass is 355 g/mol.